The van der Waals surface area contributed by atoms with Gasteiger partial charge in [0.2, 0.25) is 0 Å². The Bertz CT molecular complexity index is 928. The Kier molecular flexibility index (Phi) is 5.38. The summed E-state index contributed by atoms with van der Waals surface area (Å²) >= 11 is 0.800. The van der Waals surface area contributed by atoms with Gasteiger partial charge in [-0.2, -0.15) is 13.2 Å². The van der Waals surface area contributed by atoms with Crippen LogP contribution in [0.4, 0.5) is 27.6 Å². The van der Waals surface area contributed by atoms with E-state index < -0.39 is 35.1 Å². The van der Waals surface area contributed by atoms with E-state index in [1.54, 1.807) is 30.3 Å². The summed E-state index contributed by atoms with van der Waals surface area (Å²) in [6.45, 7) is 1.53. The highest BCUT2D eigenvalue weighted by Gasteiger charge is 2.40. The summed E-state index contributed by atoms with van der Waals surface area (Å²) in [5.74, 6) is -1.04. The van der Waals surface area contributed by atoms with E-state index in [-0.39, 0.29) is 10.6 Å². The first-order valence-electron chi connectivity index (χ1n) is 8.16. The summed E-state index contributed by atoms with van der Waals surface area (Å²) in [5.41, 5.74) is 4.40. The van der Waals surface area contributed by atoms with Crippen LogP contribution in [0.2, 0.25) is 0 Å². The topological polar surface area (TPSA) is 46.3 Å². The SMILES string of the molecule is CC1SC(C(N)=O)=C(C(F)F)N1c1cc(C(F)(F)F)ccc1-c1ccccc1. The van der Waals surface area contributed by atoms with Gasteiger partial charge in [0.1, 0.15) is 5.70 Å². The largest absolute Gasteiger partial charge is 0.416 e. The zero-order valence-corrected chi connectivity index (χ0v) is 15.3. The Morgan fingerprint density at radius 1 is 1.14 bits per heavy atom. The average molecular weight is 414 g/mol. The molecule has 2 aromatic rings. The van der Waals surface area contributed by atoms with Crippen LogP contribution in [-0.4, -0.2) is 17.7 Å². The Hall–Kier alpha value is -2.55. The Morgan fingerprint density at radius 3 is 2.32 bits per heavy atom. The van der Waals surface area contributed by atoms with E-state index in [4.69, 9.17) is 5.73 Å². The first-order chi connectivity index (χ1) is 13.1. The molecule has 0 aromatic heterocycles. The predicted molar refractivity (Wildman–Crippen MR) is 98.6 cm³/mol. The number of carbonyl (C=O) groups is 1. The van der Waals surface area contributed by atoms with Gasteiger partial charge in [0.05, 0.1) is 21.5 Å². The molecule has 0 saturated carbocycles. The molecule has 0 saturated heterocycles. The van der Waals surface area contributed by atoms with Gasteiger partial charge in [-0.15, -0.1) is 0 Å². The van der Waals surface area contributed by atoms with Crippen molar-refractivity contribution in [2.45, 2.75) is 24.9 Å². The fourth-order valence-corrected chi connectivity index (χ4v) is 4.17. The second-order valence-corrected chi connectivity index (χ2v) is 7.39. The monoisotopic (exact) mass is 414 g/mol. The van der Waals surface area contributed by atoms with Crippen molar-refractivity contribution in [3.8, 4) is 11.1 Å². The highest BCUT2D eigenvalue weighted by molar-refractivity contribution is 8.05. The fraction of sp³-hybridized carbons (Fsp3) is 0.211. The zero-order valence-electron chi connectivity index (χ0n) is 14.5. The highest BCUT2D eigenvalue weighted by atomic mass is 32.2. The lowest BCUT2D eigenvalue weighted by atomic mass is 10.00. The van der Waals surface area contributed by atoms with Crippen LogP contribution in [0.15, 0.2) is 59.1 Å². The highest BCUT2D eigenvalue weighted by Crippen LogP contribution is 2.47. The third-order valence-electron chi connectivity index (χ3n) is 4.24. The van der Waals surface area contributed by atoms with Crippen LogP contribution in [0.3, 0.4) is 0 Å². The number of rotatable bonds is 4. The number of alkyl halides is 5. The van der Waals surface area contributed by atoms with Crippen LogP contribution < -0.4 is 10.6 Å². The Labute approximate surface area is 162 Å². The molecular weight excluding hydrogens is 399 g/mol. The number of carbonyl (C=O) groups excluding carboxylic acids is 1. The second kappa shape index (κ2) is 7.46. The maximum absolute atomic E-state index is 13.8. The summed E-state index contributed by atoms with van der Waals surface area (Å²) in [5, 5.41) is -0.738. The predicted octanol–water partition coefficient (Wildman–Crippen LogP) is 5.23. The minimum atomic E-state index is -4.65. The lowest BCUT2D eigenvalue weighted by Gasteiger charge is -2.29. The number of thioether (sulfide) groups is 1. The molecule has 9 heteroatoms. The smallest absolute Gasteiger partial charge is 0.365 e. The number of primary amides is 1. The van der Waals surface area contributed by atoms with Gasteiger partial charge < -0.3 is 10.6 Å². The third-order valence-corrected chi connectivity index (χ3v) is 5.44. The molecule has 1 amide bonds. The summed E-state index contributed by atoms with van der Waals surface area (Å²) in [6.07, 6.45) is -7.74. The lowest BCUT2D eigenvalue weighted by Crippen LogP contribution is -2.30. The molecule has 1 atom stereocenters. The molecule has 1 aliphatic rings. The number of nitrogens with zero attached hydrogens (tertiary/aromatic N) is 1. The molecule has 0 spiro atoms. The molecule has 148 valence electrons. The molecule has 0 aliphatic carbocycles. The molecule has 0 fully saturated rings. The molecule has 1 unspecified atom stereocenters. The summed E-state index contributed by atoms with van der Waals surface area (Å²) in [7, 11) is 0. The van der Waals surface area contributed by atoms with Crippen LogP contribution >= 0.6 is 11.8 Å². The van der Waals surface area contributed by atoms with Gasteiger partial charge in [-0.3, -0.25) is 4.79 Å². The van der Waals surface area contributed by atoms with Crippen molar-refractivity contribution < 1.29 is 26.7 Å². The molecule has 3 nitrogen and oxygen atoms in total. The number of hydrogen-bond acceptors (Lipinski definition) is 3. The fourth-order valence-electron chi connectivity index (χ4n) is 3.07. The maximum atomic E-state index is 13.8. The van der Waals surface area contributed by atoms with E-state index in [0.29, 0.717) is 11.1 Å². The van der Waals surface area contributed by atoms with Crippen molar-refractivity contribution >= 4 is 23.4 Å². The quantitative estimate of drug-likeness (QED) is 0.697. The molecule has 0 bridgehead atoms. The van der Waals surface area contributed by atoms with Crippen molar-refractivity contribution in [1.82, 2.24) is 0 Å². The maximum Gasteiger partial charge on any atom is 0.416 e. The number of anilines is 1. The van der Waals surface area contributed by atoms with Crippen LogP contribution in [-0.2, 0) is 11.0 Å². The van der Waals surface area contributed by atoms with E-state index in [0.717, 1.165) is 28.8 Å². The average Bonchev–Trinajstić information content (AvgIpc) is 2.99. The van der Waals surface area contributed by atoms with E-state index in [1.807, 2.05) is 0 Å². The van der Waals surface area contributed by atoms with Gasteiger partial charge in [-0.05, 0) is 24.6 Å². The first-order valence-corrected chi connectivity index (χ1v) is 9.04. The van der Waals surface area contributed by atoms with Crippen molar-refractivity contribution in [2.24, 2.45) is 5.73 Å². The summed E-state index contributed by atoms with van der Waals surface area (Å²) < 4.78 is 67.4. The van der Waals surface area contributed by atoms with Gasteiger partial charge >= 0.3 is 6.18 Å². The molecule has 1 aliphatic heterocycles. The number of benzene rings is 2. The van der Waals surface area contributed by atoms with Crippen LogP contribution in [0.1, 0.15) is 12.5 Å². The van der Waals surface area contributed by atoms with Gasteiger partial charge in [0.15, 0.2) is 0 Å². The number of hydrogen-bond donors (Lipinski definition) is 1. The molecular formula is C19H15F5N2OS. The molecule has 3 rings (SSSR count). The zero-order chi connectivity index (χ0) is 20.6. The number of allylic oxidation sites excluding steroid dienone is 1. The van der Waals surface area contributed by atoms with Crippen molar-refractivity contribution in [3.63, 3.8) is 0 Å². The van der Waals surface area contributed by atoms with Crippen molar-refractivity contribution in [3.05, 3.63) is 64.7 Å². The standard InChI is InChI=1S/C19H15F5N2OS/c1-10-26(15(17(20)21)16(28-10)18(25)27)14-9-12(19(22,23)24)7-8-13(14)11-5-3-2-4-6-11/h2-10,17H,1H3,(H2,25,27). The van der Waals surface area contributed by atoms with Crippen LogP contribution in [0.25, 0.3) is 11.1 Å². The Balaban J connectivity index is 2.27. The van der Waals surface area contributed by atoms with E-state index in [1.165, 1.54) is 13.0 Å². The van der Waals surface area contributed by atoms with E-state index >= 15 is 0 Å². The van der Waals surface area contributed by atoms with Gasteiger partial charge in [0, 0.05) is 5.56 Å². The van der Waals surface area contributed by atoms with Crippen LogP contribution in [0, 0.1) is 0 Å². The molecule has 1 heterocycles. The third kappa shape index (κ3) is 3.71. The minimum Gasteiger partial charge on any atom is -0.365 e. The summed E-state index contributed by atoms with van der Waals surface area (Å²) in [4.78, 5) is 12.3. The van der Waals surface area contributed by atoms with E-state index in [2.05, 4.69) is 0 Å². The Morgan fingerprint density at radius 2 is 1.79 bits per heavy atom. The molecule has 28 heavy (non-hydrogen) atoms. The van der Waals surface area contributed by atoms with Gasteiger partial charge in [-0.1, -0.05) is 48.2 Å². The van der Waals surface area contributed by atoms with Gasteiger partial charge in [0.25, 0.3) is 12.3 Å². The molecule has 2 N–H and O–H groups in total. The minimum absolute atomic E-state index is 0.0624. The number of halogens is 5. The molecule has 2 aromatic carbocycles. The number of amides is 1. The van der Waals surface area contributed by atoms with Crippen LogP contribution in [0.5, 0.6) is 0 Å². The lowest BCUT2D eigenvalue weighted by molar-refractivity contribution is -0.137. The van der Waals surface area contributed by atoms with Gasteiger partial charge in [-0.25, -0.2) is 8.78 Å². The number of nitrogens with two attached hydrogens (primary N) is 1. The first kappa shape index (κ1) is 20.2. The summed E-state index contributed by atoms with van der Waals surface area (Å²) in [6, 6.07) is 11.4. The normalized spacial score (nSPS) is 17.5. The molecule has 0 radical (unpaired) electrons. The van der Waals surface area contributed by atoms with E-state index in [9.17, 15) is 26.7 Å². The van der Waals surface area contributed by atoms with Crippen molar-refractivity contribution in [2.75, 3.05) is 4.90 Å². The van der Waals surface area contributed by atoms with Crippen molar-refractivity contribution in [1.29, 1.82) is 0 Å². The second-order valence-electron chi connectivity index (χ2n) is 6.06.